The lowest BCUT2D eigenvalue weighted by Crippen LogP contribution is -2.23. The monoisotopic (exact) mass is 279 g/mol. The highest BCUT2D eigenvalue weighted by Crippen LogP contribution is 2.35. The van der Waals surface area contributed by atoms with Crippen molar-refractivity contribution in [3.05, 3.63) is 46.8 Å². The zero-order chi connectivity index (χ0) is 11.0. The lowest BCUT2D eigenvalue weighted by atomic mass is 10.2. The molecule has 4 heteroatoms. The first-order valence-corrected chi connectivity index (χ1v) is 5.86. The molecule has 1 atom stereocenters. The molecule has 3 rings (SSSR count). The SMILES string of the molecule is Brc1ccc2c(c1)NCC(c1ccco1)O2. The van der Waals surface area contributed by atoms with Gasteiger partial charge in [-0.2, -0.15) is 0 Å². The largest absolute Gasteiger partial charge is 0.478 e. The molecule has 0 bridgehead atoms. The number of fused-ring (bicyclic) bond motifs is 1. The van der Waals surface area contributed by atoms with E-state index in [2.05, 4.69) is 21.2 Å². The van der Waals surface area contributed by atoms with Crippen LogP contribution in [0, 0.1) is 0 Å². The van der Waals surface area contributed by atoms with Crippen molar-refractivity contribution in [2.24, 2.45) is 0 Å². The van der Waals surface area contributed by atoms with E-state index in [1.54, 1.807) is 6.26 Å². The zero-order valence-corrected chi connectivity index (χ0v) is 10.0. The Hall–Kier alpha value is -1.42. The van der Waals surface area contributed by atoms with E-state index < -0.39 is 0 Å². The van der Waals surface area contributed by atoms with Gasteiger partial charge in [0.15, 0.2) is 6.10 Å². The fraction of sp³-hybridized carbons (Fsp3) is 0.167. The van der Waals surface area contributed by atoms with Gasteiger partial charge in [0.1, 0.15) is 11.5 Å². The maximum absolute atomic E-state index is 5.85. The second-order valence-corrected chi connectivity index (χ2v) is 4.56. The van der Waals surface area contributed by atoms with Crippen molar-refractivity contribution in [3.8, 4) is 5.75 Å². The molecule has 1 aromatic heterocycles. The van der Waals surface area contributed by atoms with E-state index in [4.69, 9.17) is 9.15 Å². The van der Waals surface area contributed by atoms with Gasteiger partial charge in [-0.25, -0.2) is 0 Å². The van der Waals surface area contributed by atoms with Crippen molar-refractivity contribution in [3.63, 3.8) is 0 Å². The van der Waals surface area contributed by atoms with Crippen molar-refractivity contribution in [1.82, 2.24) is 0 Å². The Labute approximate surface area is 102 Å². The number of nitrogens with one attached hydrogen (secondary N) is 1. The molecule has 1 aliphatic rings. The molecule has 16 heavy (non-hydrogen) atoms. The van der Waals surface area contributed by atoms with E-state index in [0.717, 1.165) is 28.2 Å². The van der Waals surface area contributed by atoms with Gasteiger partial charge in [-0.05, 0) is 30.3 Å². The van der Waals surface area contributed by atoms with Crippen LogP contribution in [0.5, 0.6) is 5.75 Å². The summed E-state index contributed by atoms with van der Waals surface area (Å²) in [5, 5.41) is 3.33. The van der Waals surface area contributed by atoms with Crippen LogP contribution in [0.3, 0.4) is 0 Å². The highest BCUT2D eigenvalue weighted by Gasteiger charge is 2.22. The molecule has 0 saturated carbocycles. The second-order valence-electron chi connectivity index (χ2n) is 3.64. The molecule has 82 valence electrons. The first-order chi connectivity index (χ1) is 7.83. The molecular weight excluding hydrogens is 270 g/mol. The standard InChI is InChI=1S/C12H10BrNO2/c13-8-3-4-10-9(6-8)14-7-12(16-10)11-2-1-5-15-11/h1-6,12,14H,7H2. The number of halogens is 1. The van der Waals surface area contributed by atoms with E-state index in [9.17, 15) is 0 Å². The molecule has 0 saturated heterocycles. The molecule has 0 spiro atoms. The third kappa shape index (κ3) is 1.69. The van der Waals surface area contributed by atoms with Crippen LogP contribution in [-0.4, -0.2) is 6.54 Å². The van der Waals surface area contributed by atoms with Gasteiger partial charge >= 0.3 is 0 Å². The zero-order valence-electron chi connectivity index (χ0n) is 8.44. The quantitative estimate of drug-likeness (QED) is 0.866. The highest BCUT2D eigenvalue weighted by molar-refractivity contribution is 9.10. The molecular formula is C12H10BrNO2. The topological polar surface area (TPSA) is 34.4 Å². The number of rotatable bonds is 1. The third-order valence-electron chi connectivity index (χ3n) is 2.55. The maximum atomic E-state index is 5.85. The fourth-order valence-corrected chi connectivity index (χ4v) is 2.13. The van der Waals surface area contributed by atoms with Crippen LogP contribution in [0.2, 0.25) is 0 Å². The lowest BCUT2D eigenvalue weighted by Gasteiger charge is -2.26. The minimum atomic E-state index is -0.0522. The molecule has 1 aromatic carbocycles. The van der Waals surface area contributed by atoms with Gasteiger partial charge in [0, 0.05) is 4.47 Å². The van der Waals surface area contributed by atoms with Gasteiger partial charge in [-0.1, -0.05) is 15.9 Å². The highest BCUT2D eigenvalue weighted by atomic mass is 79.9. The Balaban J connectivity index is 1.89. The minimum Gasteiger partial charge on any atom is -0.478 e. The summed E-state index contributed by atoms with van der Waals surface area (Å²) in [7, 11) is 0. The Morgan fingerprint density at radius 3 is 3.06 bits per heavy atom. The number of furan rings is 1. The summed E-state index contributed by atoms with van der Waals surface area (Å²) >= 11 is 3.43. The number of anilines is 1. The Morgan fingerprint density at radius 2 is 2.25 bits per heavy atom. The van der Waals surface area contributed by atoms with Crippen molar-refractivity contribution < 1.29 is 9.15 Å². The van der Waals surface area contributed by atoms with Crippen LogP contribution in [-0.2, 0) is 0 Å². The summed E-state index contributed by atoms with van der Waals surface area (Å²) in [6, 6.07) is 9.71. The number of benzene rings is 1. The average molecular weight is 280 g/mol. The van der Waals surface area contributed by atoms with E-state index in [-0.39, 0.29) is 6.10 Å². The maximum Gasteiger partial charge on any atom is 0.173 e. The molecule has 0 aliphatic carbocycles. The Kier molecular flexibility index (Phi) is 2.36. The molecule has 2 aromatic rings. The van der Waals surface area contributed by atoms with Crippen molar-refractivity contribution in [1.29, 1.82) is 0 Å². The van der Waals surface area contributed by atoms with Crippen molar-refractivity contribution >= 4 is 21.6 Å². The van der Waals surface area contributed by atoms with E-state index in [1.807, 2.05) is 30.3 Å². The van der Waals surface area contributed by atoms with E-state index in [0.29, 0.717) is 0 Å². The first kappa shape index (κ1) is 9.78. The summed E-state index contributed by atoms with van der Waals surface area (Å²) in [4.78, 5) is 0. The fourth-order valence-electron chi connectivity index (χ4n) is 1.77. The van der Waals surface area contributed by atoms with Gasteiger partial charge in [-0.15, -0.1) is 0 Å². The third-order valence-corrected chi connectivity index (χ3v) is 3.04. The van der Waals surface area contributed by atoms with Crippen LogP contribution >= 0.6 is 15.9 Å². The first-order valence-electron chi connectivity index (χ1n) is 5.06. The summed E-state index contributed by atoms with van der Waals surface area (Å²) < 4.78 is 12.2. The molecule has 0 radical (unpaired) electrons. The van der Waals surface area contributed by atoms with Crippen molar-refractivity contribution in [2.45, 2.75) is 6.10 Å². The molecule has 2 heterocycles. The van der Waals surface area contributed by atoms with Crippen molar-refractivity contribution in [2.75, 3.05) is 11.9 Å². The predicted octanol–water partition coefficient (Wildman–Crippen LogP) is 3.59. The lowest BCUT2D eigenvalue weighted by molar-refractivity contribution is 0.181. The molecule has 1 aliphatic heterocycles. The van der Waals surface area contributed by atoms with Gasteiger partial charge in [0.2, 0.25) is 0 Å². The summed E-state index contributed by atoms with van der Waals surface area (Å²) in [6.07, 6.45) is 1.61. The van der Waals surface area contributed by atoms with Gasteiger partial charge in [-0.3, -0.25) is 0 Å². The smallest absolute Gasteiger partial charge is 0.173 e. The summed E-state index contributed by atoms with van der Waals surface area (Å²) in [5.74, 6) is 1.71. The van der Waals surface area contributed by atoms with Gasteiger partial charge in [0.25, 0.3) is 0 Å². The molecule has 1 unspecified atom stereocenters. The van der Waals surface area contributed by atoms with E-state index in [1.165, 1.54) is 0 Å². The second kappa shape index (κ2) is 3.87. The number of hydrogen-bond donors (Lipinski definition) is 1. The van der Waals surface area contributed by atoms with Crippen LogP contribution in [0.1, 0.15) is 11.9 Å². The van der Waals surface area contributed by atoms with E-state index >= 15 is 0 Å². The normalized spacial score (nSPS) is 18.4. The number of ether oxygens (including phenoxy) is 1. The minimum absolute atomic E-state index is 0.0522. The van der Waals surface area contributed by atoms with Gasteiger partial charge in [0.05, 0.1) is 18.5 Å². The average Bonchev–Trinajstić information content (AvgIpc) is 2.82. The Morgan fingerprint density at radius 1 is 1.31 bits per heavy atom. The predicted molar refractivity (Wildman–Crippen MR) is 64.7 cm³/mol. The Bertz CT molecular complexity index is 496. The van der Waals surface area contributed by atoms with Gasteiger partial charge < -0.3 is 14.5 Å². The molecule has 0 fully saturated rings. The molecule has 0 amide bonds. The molecule has 1 N–H and O–H groups in total. The summed E-state index contributed by atoms with van der Waals surface area (Å²) in [6.45, 7) is 0.719. The molecule has 3 nitrogen and oxygen atoms in total. The van der Waals surface area contributed by atoms with Crippen LogP contribution in [0.15, 0.2) is 45.5 Å². The van der Waals surface area contributed by atoms with Crippen LogP contribution in [0.4, 0.5) is 5.69 Å². The summed E-state index contributed by atoms with van der Waals surface area (Å²) in [5.41, 5.74) is 1.01. The van der Waals surface area contributed by atoms with Crippen LogP contribution < -0.4 is 10.1 Å². The van der Waals surface area contributed by atoms with Crippen LogP contribution in [0.25, 0.3) is 0 Å². The number of hydrogen-bond acceptors (Lipinski definition) is 3.